The van der Waals surface area contributed by atoms with Crippen LogP contribution < -0.4 is 4.74 Å². The zero-order chi connectivity index (χ0) is 25.2. The number of carboxylic acid groups (broad SMARTS) is 1. The SMILES string of the molecule is O=C(O)C1CN(Cc2ccc(-c3noc(-c4ccc(OCc5ccccc5)cc4)n3)c3ccccc23)C1. The van der Waals surface area contributed by atoms with Crippen molar-refractivity contribution in [2.24, 2.45) is 5.92 Å². The van der Waals surface area contributed by atoms with Crippen molar-refractivity contribution in [1.82, 2.24) is 15.0 Å². The van der Waals surface area contributed by atoms with E-state index in [2.05, 4.69) is 33.2 Å². The summed E-state index contributed by atoms with van der Waals surface area (Å²) in [5, 5.41) is 15.6. The largest absolute Gasteiger partial charge is 0.489 e. The summed E-state index contributed by atoms with van der Waals surface area (Å²) < 4.78 is 11.5. The zero-order valence-corrected chi connectivity index (χ0v) is 20.1. The molecule has 4 aromatic carbocycles. The third-order valence-corrected chi connectivity index (χ3v) is 6.73. The number of aromatic nitrogens is 2. The molecule has 0 spiro atoms. The van der Waals surface area contributed by atoms with Crippen LogP contribution in [0.25, 0.3) is 33.6 Å². The standard InChI is InChI=1S/C30H25N3O4/c34-30(35)23-17-33(18-23)16-22-12-15-27(26-9-5-4-8-25(22)26)28-31-29(37-32-28)21-10-13-24(14-11-21)36-19-20-6-2-1-3-7-20/h1-15,23H,16-19H2,(H,34,35). The smallest absolute Gasteiger partial charge is 0.309 e. The van der Waals surface area contributed by atoms with E-state index in [1.54, 1.807) is 0 Å². The van der Waals surface area contributed by atoms with Gasteiger partial charge in [0.1, 0.15) is 12.4 Å². The van der Waals surface area contributed by atoms with Gasteiger partial charge < -0.3 is 14.4 Å². The Kier molecular flexibility index (Phi) is 6.12. The number of carbonyl (C=O) groups is 1. The Morgan fingerprint density at radius 2 is 1.65 bits per heavy atom. The van der Waals surface area contributed by atoms with Gasteiger partial charge in [-0.15, -0.1) is 0 Å². The average Bonchev–Trinajstić information content (AvgIpc) is 3.40. The molecule has 184 valence electrons. The molecule has 1 saturated heterocycles. The van der Waals surface area contributed by atoms with E-state index < -0.39 is 5.97 Å². The molecule has 0 amide bonds. The van der Waals surface area contributed by atoms with Crippen molar-refractivity contribution in [2.45, 2.75) is 13.2 Å². The molecule has 7 nitrogen and oxygen atoms in total. The molecule has 1 aromatic heterocycles. The van der Waals surface area contributed by atoms with Crippen molar-refractivity contribution in [3.63, 3.8) is 0 Å². The van der Waals surface area contributed by atoms with Crippen molar-refractivity contribution in [3.05, 3.63) is 102 Å². The van der Waals surface area contributed by atoms with Gasteiger partial charge in [0, 0.05) is 30.8 Å². The molecule has 0 bridgehead atoms. The predicted molar refractivity (Wildman–Crippen MR) is 140 cm³/mol. The third kappa shape index (κ3) is 4.81. The summed E-state index contributed by atoms with van der Waals surface area (Å²) in [5.74, 6) is 0.743. The first kappa shape index (κ1) is 22.9. The lowest BCUT2D eigenvalue weighted by molar-refractivity contribution is -0.147. The molecular weight excluding hydrogens is 466 g/mol. The third-order valence-electron chi connectivity index (χ3n) is 6.73. The van der Waals surface area contributed by atoms with E-state index in [1.807, 2.05) is 72.8 Å². The second kappa shape index (κ2) is 9.87. The molecule has 1 fully saturated rings. The lowest BCUT2D eigenvalue weighted by Gasteiger charge is -2.36. The second-order valence-electron chi connectivity index (χ2n) is 9.27. The minimum atomic E-state index is -0.723. The van der Waals surface area contributed by atoms with Crippen LogP contribution in [-0.4, -0.2) is 39.2 Å². The summed E-state index contributed by atoms with van der Waals surface area (Å²) in [6, 6.07) is 29.9. The first-order chi connectivity index (χ1) is 18.1. The summed E-state index contributed by atoms with van der Waals surface area (Å²) in [5.41, 5.74) is 3.97. The highest BCUT2D eigenvalue weighted by atomic mass is 16.5. The number of ether oxygens (including phenoxy) is 1. The van der Waals surface area contributed by atoms with E-state index in [0.717, 1.165) is 38.8 Å². The number of benzene rings is 4. The van der Waals surface area contributed by atoms with Crippen LogP contribution in [0.15, 0.2) is 95.5 Å². The van der Waals surface area contributed by atoms with Crippen LogP contribution in [0.1, 0.15) is 11.1 Å². The van der Waals surface area contributed by atoms with E-state index in [0.29, 0.717) is 38.0 Å². The van der Waals surface area contributed by atoms with Gasteiger partial charge in [0.25, 0.3) is 5.89 Å². The van der Waals surface area contributed by atoms with Crippen LogP contribution in [0.3, 0.4) is 0 Å². The number of hydrogen-bond donors (Lipinski definition) is 1. The van der Waals surface area contributed by atoms with E-state index in [4.69, 9.17) is 14.4 Å². The highest BCUT2D eigenvalue weighted by Crippen LogP contribution is 2.32. The van der Waals surface area contributed by atoms with Crippen molar-refractivity contribution in [3.8, 4) is 28.6 Å². The van der Waals surface area contributed by atoms with Crippen LogP contribution in [0, 0.1) is 5.92 Å². The second-order valence-corrected chi connectivity index (χ2v) is 9.27. The molecule has 0 saturated carbocycles. The summed E-state index contributed by atoms with van der Waals surface area (Å²) in [4.78, 5) is 18.0. The number of nitrogens with zero attached hydrogens (tertiary/aromatic N) is 3. The molecule has 37 heavy (non-hydrogen) atoms. The van der Waals surface area contributed by atoms with Crippen LogP contribution in [0.5, 0.6) is 5.75 Å². The topological polar surface area (TPSA) is 88.7 Å². The fourth-order valence-electron chi connectivity index (χ4n) is 4.68. The van der Waals surface area contributed by atoms with Crippen LogP contribution in [0.2, 0.25) is 0 Å². The molecule has 0 atom stereocenters. The maximum absolute atomic E-state index is 11.1. The van der Waals surface area contributed by atoms with Crippen molar-refractivity contribution in [1.29, 1.82) is 0 Å². The Morgan fingerprint density at radius 1 is 0.919 bits per heavy atom. The van der Waals surface area contributed by atoms with Gasteiger partial charge in [-0.1, -0.05) is 71.9 Å². The highest BCUT2D eigenvalue weighted by Gasteiger charge is 2.32. The zero-order valence-electron chi connectivity index (χ0n) is 20.1. The summed E-state index contributed by atoms with van der Waals surface area (Å²) in [6.45, 7) is 2.37. The van der Waals surface area contributed by atoms with E-state index >= 15 is 0 Å². The summed E-state index contributed by atoms with van der Waals surface area (Å²) >= 11 is 0. The Morgan fingerprint density at radius 3 is 2.41 bits per heavy atom. The fourth-order valence-corrected chi connectivity index (χ4v) is 4.68. The molecule has 0 aliphatic carbocycles. The minimum Gasteiger partial charge on any atom is -0.489 e. The van der Waals surface area contributed by atoms with Gasteiger partial charge in [-0.3, -0.25) is 9.69 Å². The number of likely N-dealkylation sites (tertiary alicyclic amines) is 1. The molecule has 2 heterocycles. The molecule has 1 aliphatic heterocycles. The van der Waals surface area contributed by atoms with Crippen molar-refractivity contribution in [2.75, 3.05) is 13.1 Å². The molecule has 1 N–H and O–H groups in total. The monoisotopic (exact) mass is 491 g/mol. The number of aliphatic carboxylic acids is 1. The van der Waals surface area contributed by atoms with Crippen LogP contribution in [0.4, 0.5) is 0 Å². The number of rotatable bonds is 8. The van der Waals surface area contributed by atoms with E-state index in [9.17, 15) is 4.79 Å². The van der Waals surface area contributed by atoms with Gasteiger partial charge in [0.05, 0.1) is 5.92 Å². The predicted octanol–water partition coefficient (Wildman–Crippen LogP) is 5.65. The number of fused-ring (bicyclic) bond motifs is 1. The quantitative estimate of drug-likeness (QED) is 0.300. The normalized spacial score (nSPS) is 13.9. The highest BCUT2D eigenvalue weighted by molar-refractivity contribution is 5.97. The maximum Gasteiger partial charge on any atom is 0.309 e. The molecule has 1 aliphatic rings. The van der Waals surface area contributed by atoms with Gasteiger partial charge in [-0.05, 0) is 46.2 Å². The first-order valence-corrected chi connectivity index (χ1v) is 12.2. The van der Waals surface area contributed by atoms with Gasteiger partial charge in [0.2, 0.25) is 5.82 Å². The maximum atomic E-state index is 11.1. The van der Waals surface area contributed by atoms with Gasteiger partial charge >= 0.3 is 5.97 Å². The Bertz CT molecular complexity index is 1540. The average molecular weight is 492 g/mol. The molecule has 6 rings (SSSR count). The van der Waals surface area contributed by atoms with Crippen LogP contribution in [-0.2, 0) is 17.9 Å². The van der Waals surface area contributed by atoms with E-state index in [1.165, 1.54) is 0 Å². The van der Waals surface area contributed by atoms with Crippen LogP contribution >= 0.6 is 0 Å². The molecule has 5 aromatic rings. The Labute approximate surface area is 213 Å². The minimum absolute atomic E-state index is 0.271. The Balaban J connectivity index is 1.20. The molecule has 7 heteroatoms. The van der Waals surface area contributed by atoms with Crippen molar-refractivity contribution < 1.29 is 19.2 Å². The lowest BCUT2D eigenvalue weighted by atomic mass is 9.95. The first-order valence-electron chi connectivity index (χ1n) is 12.2. The van der Waals surface area contributed by atoms with Gasteiger partial charge in [-0.25, -0.2) is 0 Å². The summed E-state index contributed by atoms with van der Waals surface area (Å²) in [7, 11) is 0. The molecule has 0 unspecified atom stereocenters. The fraction of sp³-hybridized carbons (Fsp3) is 0.167. The Hall–Kier alpha value is -4.49. The summed E-state index contributed by atoms with van der Waals surface area (Å²) in [6.07, 6.45) is 0. The van der Waals surface area contributed by atoms with E-state index in [-0.39, 0.29) is 5.92 Å². The van der Waals surface area contributed by atoms with Gasteiger partial charge in [-0.2, -0.15) is 4.98 Å². The lowest BCUT2D eigenvalue weighted by Crippen LogP contribution is -2.49. The van der Waals surface area contributed by atoms with Gasteiger partial charge in [0.15, 0.2) is 0 Å². The van der Waals surface area contributed by atoms with Crippen molar-refractivity contribution >= 4 is 16.7 Å². The number of carboxylic acids is 1. The molecular formula is C30H25N3O4. The number of hydrogen-bond acceptors (Lipinski definition) is 6. The molecule has 0 radical (unpaired) electrons.